The number of fused-ring (bicyclic) bond motifs is 2. The van der Waals surface area contributed by atoms with Crippen LogP contribution in [0.3, 0.4) is 0 Å². The molecule has 0 aliphatic carbocycles. The maximum Gasteiger partial charge on any atom is 0.359 e. The van der Waals surface area contributed by atoms with Crippen molar-refractivity contribution in [2.45, 2.75) is 19.9 Å². The largest absolute Gasteiger partial charge is 0.461 e. The van der Waals surface area contributed by atoms with Gasteiger partial charge in [-0.1, -0.05) is 0 Å². The monoisotopic (exact) mass is 362 g/mol. The Hall–Kier alpha value is -2.62. The van der Waals surface area contributed by atoms with Crippen LogP contribution in [0.15, 0.2) is 18.6 Å². The molecule has 0 atom stereocenters. The van der Waals surface area contributed by atoms with Gasteiger partial charge in [0.25, 0.3) is 0 Å². The molecular weight excluding hydrogens is 347 g/mol. The van der Waals surface area contributed by atoms with Crippen molar-refractivity contribution in [1.29, 1.82) is 0 Å². The number of carbonyl (C=O) groups excluding carboxylic acids is 1. The van der Waals surface area contributed by atoms with Crippen LogP contribution in [0.2, 0.25) is 0 Å². The number of rotatable bonds is 4. The molecule has 0 aromatic carbocycles. The number of hydrogen-bond acceptors (Lipinski definition) is 7. The zero-order valence-electron chi connectivity index (χ0n) is 13.4. The molecule has 130 valence electrons. The molecule has 3 aromatic rings. The molecule has 4 heterocycles. The van der Waals surface area contributed by atoms with E-state index in [1.165, 1.54) is 10.3 Å². The van der Waals surface area contributed by atoms with Crippen molar-refractivity contribution in [3.8, 4) is 0 Å². The maximum absolute atomic E-state index is 13.0. The molecule has 0 saturated carbocycles. The second-order valence-electron chi connectivity index (χ2n) is 5.57. The average molecular weight is 362 g/mol. The highest BCUT2D eigenvalue weighted by Gasteiger charge is 2.28. The van der Waals surface area contributed by atoms with Crippen molar-refractivity contribution in [1.82, 2.24) is 24.1 Å². The lowest BCUT2D eigenvalue weighted by molar-refractivity contribution is 0.0518. The summed E-state index contributed by atoms with van der Waals surface area (Å²) in [4.78, 5) is 22.6. The van der Waals surface area contributed by atoms with E-state index in [-0.39, 0.29) is 12.3 Å². The number of aromatic nitrogens is 5. The summed E-state index contributed by atoms with van der Waals surface area (Å²) in [5.41, 5.74) is 2.57. The Kier molecular flexibility index (Phi) is 4.04. The Balaban J connectivity index is 1.70. The number of nitrogens with one attached hydrogen (secondary N) is 1. The third-order valence-corrected chi connectivity index (χ3v) is 4.65. The lowest BCUT2D eigenvalue weighted by Crippen LogP contribution is -2.31. The molecule has 0 radical (unpaired) electrons. The Bertz CT molecular complexity index is 939. The van der Waals surface area contributed by atoms with Gasteiger partial charge >= 0.3 is 5.97 Å². The van der Waals surface area contributed by atoms with Crippen LogP contribution in [0.25, 0.3) is 11.0 Å². The molecule has 8 nitrogen and oxygen atoms in total. The lowest BCUT2D eigenvalue weighted by Gasteiger charge is -2.28. The third kappa shape index (κ3) is 2.62. The van der Waals surface area contributed by atoms with E-state index in [2.05, 4.69) is 20.2 Å². The number of halogens is 1. The van der Waals surface area contributed by atoms with Gasteiger partial charge in [0.1, 0.15) is 12.1 Å². The average Bonchev–Trinajstić information content (AvgIpc) is 3.25. The molecule has 0 bridgehead atoms. The summed E-state index contributed by atoms with van der Waals surface area (Å²) >= 11 is 0.0938. The van der Waals surface area contributed by atoms with E-state index in [4.69, 9.17) is 4.74 Å². The van der Waals surface area contributed by atoms with Gasteiger partial charge in [-0.05, 0) is 13.0 Å². The zero-order chi connectivity index (χ0) is 17.4. The van der Waals surface area contributed by atoms with Gasteiger partial charge in [-0.15, -0.1) is 3.89 Å². The van der Waals surface area contributed by atoms with Crippen LogP contribution in [0.4, 0.5) is 9.70 Å². The van der Waals surface area contributed by atoms with Crippen molar-refractivity contribution >= 4 is 35.2 Å². The van der Waals surface area contributed by atoms with Crippen LogP contribution < -0.4 is 4.90 Å². The first-order chi connectivity index (χ1) is 12.2. The molecule has 25 heavy (non-hydrogen) atoms. The van der Waals surface area contributed by atoms with Crippen LogP contribution in [-0.4, -0.2) is 43.3 Å². The van der Waals surface area contributed by atoms with Crippen LogP contribution in [-0.2, 0) is 17.7 Å². The van der Waals surface area contributed by atoms with Crippen molar-refractivity contribution in [2.75, 3.05) is 18.1 Å². The van der Waals surface area contributed by atoms with Gasteiger partial charge in [0, 0.05) is 37.0 Å². The van der Waals surface area contributed by atoms with E-state index >= 15 is 0 Å². The predicted molar refractivity (Wildman–Crippen MR) is 90.9 cm³/mol. The van der Waals surface area contributed by atoms with Gasteiger partial charge < -0.3 is 9.64 Å². The van der Waals surface area contributed by atoms with Gasteiger partial charge in [-0.2, -0.15) is 5.10 Å². The van der Waals surface area contributed by atoms with Gasteiger partial charge in [-0.3, -0.25) is 5.10 Å². The van der Waals surface area contributed by atoms with Gasteiger partial charge in [-0.25, -0.2) is 18.7 Å². The topological polar surface area (TPSA) is 88.9 Å². The van der Waals surface area contributed by atoms with Crippen molar-refractivity contribution in [3.63, 3.8) is 0 Å². The molecule has 1 aliphatic heterocycles. The summed E-state index contributed by atoms with van der Waals surface area (Å²) in [5, 5.41) is 7.79. The van der Waals surface area contributed by atoms with Gasteiger partial charge in [0.2, 0.25) is 0 Å². The molecular formula is C15H15FN6O2S. The van der Waals surface area contributed by atoms with Crippen LogP contribution >= 0.6 is 12.3 Å². The minimum Gasteiger partial charge on any atom is -0.461 e. The van der Waals surface area contributed by atoms with E-state index in [1.54, 1.807) is 19.2 Å². The highest BCUT2D eigenvalue weighted by molar-refractivity contribution is 7.92. The normalized spacial score (nSPS) is 13.9. The van der Waals surface area contributed by atoms with E-state index in [9.17, 15) is 8.68 Å². The number of carbonyl (C=O) groups is 1. The van der Waals surface area contributed by atoms with Gasteiger partial charge in [0.15, 0.2) is 23.7 Å². The van der Waals surface area contributed by atoms with Crippen LogP contribution in [0, 0.1) is 0 Å². The fourth-order valence-electron chi connectivity index (χ4n) is 3.07. The Morgan fingerprint density at radius 2 is 2.36 bits per heavy atom. The summed E-state index contributed by atoms with van der Waals surface area (Å²) in [6.45, 7) is 3.23. The number of esters is 1. The van der Waals surface area contributed by atoms with Gasteiger partial charge in [0.05, 0.1) is 12.0 Å². The molecule has 1 aliphatic rings. The summed E-state index contributed by atoms with van der Waals surface area (Å²) in [5.74, 6) is 0.272. The number of H-pyrrole nitrogens is 1. The zero-order valence-corrected chi connectivity index (χ0v) is 14.2. The minimum absolute atomic E-state index is 0.0938. The molecule has 0 spiro atoms. The van der Waals surface area contributed by atoms with E-state index in [0.717, 1.165) is 16.6 Å². The maximum atomic E-state index is 13.0. The standard InChI is InChI=1S/C15H15FN6O2S/c1-2-24-15(23)12-10-7-21(5-4-11(10)19-20-12)13-9-3-6-22(25-16)14(9)18-8-17-13/h3,6,8H,2,4-5,7H2,1H3,(H,19,20). The Labute approximate surface area is 146 Å². The SMILES string of the molecule is CCOC(=O)c1n[nH]c2c1CN(c1ncnc3c1ccn3SF)CC2. The third-order valence-electron chi connectivity index (χ3n) is 4.20. The number of aromatic amines is 1. The molecule has 1 N–H and O–H groups in total. The predicted octanol–water partition coefficient (Wildman–Crippen LogP) is 2.27. The van der Waals surface area contributed by atoms with E-state index < -0.39 is 5.97 Å². The smallest absolute Gasteiger partial charge is 0.359 e. The molecule has 0 amide bonds. The van der Waals surface area contributed by atoms with Crippen molar-refractivity contribution in [2.24, 2.45) is 0 Å². The number of hydrogen-bond donors (Lipinski definition) is 1. The first kappa shape index (κ1) is 15.9. The second-order valence-corrected chi connectivity index (χ2v) is 6.10. The molecule has 3 aromatic heterocycles. The fourth-order valence-corrected chi connectivity index (χ4v) is 3.38. The highest BCUT2D eigenvalue weighted by Crippen LogP contribution is 2.30. The molecule has 0 fully saturated rings. The number of anilines is 1. The number of nitrogens with zero attached hydrogens (tertiary/aromatic N) is 5. The second kappa shape index (κ2) is 6.36. The van der Waals surface area contributed by atoms with Crippen LogP contribution in [0.5, 0.6) is 0 Å². The highest BCUT2D eigenvalue weighted by atomic mass is 32.2. The van der Waals surface area contributed by atoms with Crippen LogP contribution in [0.1, 0.15) is 28.7 Å². The summed E-state index contributed by atoms with van der Waals surface area (Å²) in [7, 11) is 0. The first-order valence-electron chi connectivity index (χ1n) is 7.82. The summed E-state index contributed by atoms with van der Waals surface area (Å²) in [6.07, 6.45) is 3.73. The summed E-state index contributed by atoms with van der Waals surface area (Å²) in [6, 6.07) is 1.79. The quantitative estimate of drug-likeness (QED) is 0.712. The fraction of sp³-hybridized carbons (Fsp3) is 0.333. The van der Waals surface area contributed by atoms with Crippen molar-refractivity contribution < 1.29 is 13.4 Å². The lowest BCUT2D eigenvalue weighted by atomic mass is 10.1. The number of ether oxygens (including phenoxy) is 1. The van der Waals surface area contributed by atoms with E-state index in [0.29, 0.717) is 43.3 Å². The van der Waals surface area contributed by atoms with Crippen molar-refractivity contribution in [3.05, 3.63) is 35.5 Å². The Morgan fingerprint density at radius 3 is 3.16 bits per heavy atom. The minimum atomic E-state index is -0.435. The molecule has 4 rings (SSSR count). The van der Waals surface area contributed by atoms with E-state index in [1.807, 2.05) is 4.90 Å². The first-order valence-corrected chi connectivity index (χ1v) is 8.49. The molecule has 10 heteroatoms. The molecule has 0 saturated heterocycles. The molecule has 0 unspecified atom stereocenters. The summed E-state index contributed by atoms with van der Waals surface area (Å²) < 4.78 is 19.4. The Morgan fingerprint density at radius 1 is 1.48 bits per heavy atom.